The fourth-order valence-corrected chi connectivity index (χ4v) is 3.75. The maximum Gasteiger partial charge on any atom is 0.286 e. The fraction of sp³-hybridized carbons (Fsp3) is 0.0526. The lowest BCUT2D eigenvalue weighted by Crippen LogP contribution is -2.21. The molecule has 2 N–H and O–H groups in total. The molecular weight excluding hydrogens is 444 g/mol. The molecule has 0 aliphatic rings. The molecule has 0 saturated carbocycles. The molecule has 10 nitrogen and oxygen atoms in total. The number of nitrogens with zero attached hydrogens (tertiary/aromatic N) is 4. The lowest BCUT2D eigenvalue weighted by atomic mass is 10.1. The summed E-state index contributed by atoms with van der Waals surface area (Å²) in [6.07, 6.45) is 2.72. The van der Waals surface area contributed by atoms with Gasteiger partial charge >= 0.3 is 0 Å². The van der Waals surface area contributed by atoms with Gasteiger partial charge in [-0.15, -0.1) is 16.4 Å². The van der Waals surface area contributed by atoms with Gasteiger partial charge in [-0.3, -0.25) is 19.7 Å². The van der Waals surface area contributed by atoms with Gasteiger partial charge in [0.2, 0.25) is 0 Å². The van der Waals surface area contributed by atoms with Crippen LogP contribution in [0.2, 0.25) is 4.34 Å². The number of H-pyrrole nitrogens is 1. The van der Waals surface area contributed by atoms with Gasteiger partial charge in [0, 0.05) is 6.07 Å². The van der Waals surface area contributed by atoms with Crippen LogP contribution < -0.4 is 10.9 Å². The Hall–Kier alpha value is -3.83. The highest BCUT2D eigenvalue weighted by Crippen LogP contribution is 2.22. The quantitative estimate of drug-likeness (QED) is 0.338. The minimum atomic E-state index is -0.573. The van der Waals surface area contributed by atoms with Crippen LogP contribution in [0.25, 0.3) is 16.8 Å². The SMILES string of the molecule is O=C(NCc1cn(-c2ccc(-c3cc([N+](=O)[O-])c[nH]c3=O)cc2)nn1)c1ccc(Cl)s1. The van der Waals surface area contributed by atoms with Crippen LogP contribution in [0.4, 0.5) is 5.69 Å². The van der Waals surface area contributed by atoms with Gasteiger partial charge in [-0.1, -0.05) is 28.9 Å². The lowest BCUT2D eigenvalue weighted by Gasteiger charge is -2.04. The van der Waals surface area contributed by atoms with Crippen LogP contribution in [-0.2, 0) is 6.54 Å². The molecule has 4 aromatic rings. The molecule has 0 radical (unpaired) electrons. The summed E-state index contributed by atoms with van der Waals surface area (Å²) in [5, 5.41) is 21.8. The summed E-state index contributed by atoms with van der Waals surface area (Å²) < 4.78 is 2.05. The molecule has 3 heterocycles. The monoisotopic (exact) mass is 456 g/mol. The Morgan fingerprint density at radius 3 is 2.71 bits per heavy atom. The summed E-state index contributed by atoms with van der Waals surface area (Å²) in [7, 11) is 0. The first-order chi connectivity index (χ1) is 14.9. The van der Waals surface area contributed by atoms with Gasteiger partial charge in [0.1, 0.15) is 5.69 Å². The van der Waals surface area contributed by atoms with Crippen molar-refractivity contribution in [2.75, 3.05) is 0 Å². The van der Waals surface area contributed by atoms with Crippen LogP contribution in [0.15, 0.2) is 59.7 Å². The summed E-state index contributed by atoms with van der Waals surface area (Å²) in [5.41, 5.74) is 1.30. The number of aromatic amines is 1. The van der Waals surface area contributed by atoms with E-state index in [4.69, 9.17) is 11.6 Å². The molecule has 12 heteroatoms. The standard InChI is InChI=1S/C19H13ClN6O4S/c20-17-6-5-16(31-17)19(28)21-8-12-10-25(24-23-12)13-3-1-11(2-4-13)15-7-14(26(29)30)9-22-18(15)27/h1-7,9-10H,8H2,(H,21,28)(H,22,27). The zero-order valence-electron chi connectivity index (χ0n) is 15.6. The van der Waals surface area contributed by atoms with Gasteiger partial charge in [-0.05, 0) is 29.8 Å². The number of nitrogens with one attached hydrogen (secondary N) is 2. The molecule has 1 aromatic carbocycles. The van der Waals surface area contributed by atoms with Crippen molar-refractivity contribution in [1.82, 2.24) is 25.3 Å². The lowest BCUT2D eigenvalue weighted by molar-refractivity contribution is -0.385. The number of amides is 1. The van der Waals surface area contributed by atoms with Crippen molar-refractivity contribution in [2.45, 2.75) is 6.54 Å². The smallest absolute Gasteiger partial charge is 0.286 e. The van der Waals surface area contributed by atoms with E-state index in [0.29, 0.717) is 26.2 Å². The number of nitro groups is 1. The van der Waals surface area contributed by atoms with Crippen molar-refractivity contribution >= 4 is 34.5 Å². The predicted molar refractivity (Wildman–Crippen MR) is 115 cm³/mol. The molecular formula is C19H13ClN6O4S. The number of carbonyl (C=O) groups is 1. The molecule has 156 valence electrons. The highest BCUT2D eigenvalue weighted by Gasteiger charge is 2.13. The van der Waals surface area contributed by atoms with E-state index in [1.54, 1.807) is 42.6 Å². The number of hydrogen-bond acceptors (Lipinski definition) is 7. The van der Waals surface area contributed by atoms with E-state index in [0.717, 1.165) is 6.20 Å². The Kier molecular flexibility index (Phi) is 5.60. The molecule has 0 unspecified atom stereocenters. The third-order valence-corrected chi connectivity index (χ3v) is 5.54. The zero-order valence-corrected chi connectivity index (χ0v) is 17.2. The molecule has 0 fully saturated rings. The van der Waals surface area contributed by atoms with Crippen molar-refractivity contribution in [3.8, 4) is 16.8 Å². The summed E-state index contributed by atoms with van der Waals surface area (Å²) in [6, 6.07) is 11.3. The molecule has 0 aliphatic carbocycles. The second-order valence-electron chi connectivity index (χ2n) is 6.35. The Labute approximate surface area is 183 Å². The number of pyridine rings is 1. The third kappa shape index (κ3) is 4.52. The Bertz CT molecular complexity index is 1330. The number of aromatic nitrogens is 4. The molecule has 0 bridgehead atoms. The minimum Gasteiger partial charge on any atom is -0.346 e. The third-order valence-electron chi connectivity index (χ3n) is 4.31. The Morgan fingerprint density at radius 2 is 2.03 bits per heavy atom. The largest absolute Gasteiger partial charge is 0.346 e. The molecule has 3 aromatic heterocycles. The number of halogens is 1. The Balaban J connectivity index is 1.47. The van der Waals surface area contributed by atoms with Gasteiger partial charge < -0.3 is 10.3 Å². The number of thiophene rings is 1. The van der Waals surface area contributed by atoms with Crippen molar-refractivity contribution in [2.24, 2.45) is 0 Å². The molecule has 4 rings (SSSR count). The van der Waals surface area contributed by atoms with Crippen molar-refractivity contribution in [3.63, 3.8) is 0 Å². The predicted octanol–water partition coefficient (Wildman–Crippen LogP) is 3.18. The highest BCUT2D eigenvalue weighted by atomic mass is 35.5. The fourth-order valence-electron chi connectivity index (χ4n) is 2.79. The van der Waals surface area contributed by atoms with Gasteiger partial charge in [-0.2, -0.15) is 0 Å². The van der Waals surface area contributed by atoms with Crippen molar-refractivity contribution in [3.05, 3.63) is 90.2 Å². The summed E-state index contributed by atoms with van der Waals surface area (Å²) in [6.45, 7) is 0.190. The second-order valence-corrected chi connectivity index (χ2v) is 8.06. The van der Waals surface area contributed by atoms with Crippen LogP contribution >= 0.6 is 22.9 Å². The number of carbonyl (C=O) groups excluding carboxylic acids is 1. The van der Waals surface area contributed by atoms with Crippen LogP contribution in [-0.4, -0.2) is 30.8 Å². The number of rotatable bonds is 6. The molecule has 0 spiro atoms. The van der Waals surface area contributed by atoms with Crippen molar-refractivity contribution in [1.29, 1.82) is 0 Å². The van der Waals surface area contributed by atoms with Gasteiger partial charge in [0.25, 0.3) is 17.2 Å². The molecule has 31 heavy (non-hydrogen) atoms. The van der Waals surface area contributed by atoms with Crippen LogP contribution in [0.5, 0.6) is 0 Å². The second kappa shape index (κ2) is 8.50. The van der Waals surface area contributed by atoms with Gasteiger partial charge in [-0.25, -0.2) is 4.68 Å². The maximum atomic E-state index is 12.1. The highest BCUT2D eigenvalue weighted by molar-refractivity contribution is 7.17. The van der Waals surface area contributed by atoms with E-state index in [2.05, 4.69) is 20.6 Å². The van der Waals surface area contributed by atoms with E-state index in [1.807, 2.05) is 0 Å². The number of hydrogen-bond donors (Lipinski definition) is 2. The van der Waals surface area contributed by atoms with Crippen LogP contribution in [0.1, 0.15) is 15.4 Å². The van der Waals surface area contributed by atoms with E-state index < -0.39 is 10.5 Å². The first kappa shape index (κ1) is 20.4. The number of benzene rings is 1. The van der Waals surface area contributed by atoms with E-state index in [9.17, 15) is 19.7 Å². The Morgan fingerprint density at radius 1 is 1.26 bits per heavy atom. The van der Waals surface area contributed by atoms with Gasteiger partial charge in [0.05, 0.1) is 44.3 Å². The van der Waals surface area contributed by atoms with Crippen LogP contribution in [0.3, 0.4) is 0 Å². The average molecular weight is 457 g/mol. The molecule has 0 aliphatic heterocycles. The minimum absolute atomic E-state index is 0.190. The van der Waals surface area contributed by atoms with E-state index in [1.165, 1.54) is 22.1 Å². The molecule has 0 saturated heterocycles. The van der Waals surface area contributed by atoms with Gasteiger partial charge in [0.15, 0.2) is 0 Å². The first-order valence-corrected chi connectivity index (χ1v) is 10.0. The van der Waals surface area contributed by atoms with Crippen LogP contribution in [0, 0.1) is 10.1 Å². The van der Waals surface area contributed by atoms with Crippen molar-refractivity contribution < 1.29 is 9.72 Å². The summed E-state index contributed by atoms with van der Waals surface area (Å²) in [5.74, 6) is -0.252. The van der Waals surface area contributed by atoms with E-state index in [-0.39, 0.29) is 23.7 Å². The summed E-state index contributed by atoms with van der Waals surface area (Å²) >= 11 is 7.02. The van der Waals surface area contributed by atoms with E-state index >= 15 is 0 Å². The normalized spacial score (nSPS) is 10.7. The first-order valence-electron chi connectivity index (χ1n) is 8.83. The average Bonchev–Trinajstić information content (AvgIpc) is 3.41. The topological polar surface area (TPSA) is 136 Å². The summed E-state index contributed by atoms with van der Waals surface area (Å²) in [4.78, 5) is 37.4. The molecule has 0 atom stereocenters. The molecule has 1 amide bonds. The maximum absolute atomic E-state index is 12.1. The zero-order chi connectivity index (χ0) is 22.0.